The topological polar surface area (TPSA) is 61.0 Å². The van der Waals surface area contributed by atoms with Gasteiger partial charge in [0.2, 0.25) is 5.13 Å². The van der Waals surface area contributed by atoms with Crippen LogP contribution in [-0.4, -0.2) is 10.2 Å². The minimum absolute atomic E-state index is 0.438. The van der Waals surface area contributed by atoms with Crippen molar-refractivity contribution in [3.63, 3.8) is 0 Å². The average Bonchev–Trinajstić information content (AvgIpc) is 2.94. The van der Waals surface area contributed by atoms with E-state index in [9.17, 15) is 0 Å². The summed E-state index contributed by atoms with van der Waals surface area (Å²) in [5, 5.41) is 8.97. The maximum absolute atomic E-state index is 5.68. The van der Waals surface area contributed by atoms with Crippen molar-refractivity contribution in [3.8, 4) is 5.75 Å². The number of nitrogens with two attached hydrogens (primary N) is 1. The smallest absolute Gasteiger partial charge is 0.203 e. The van der Waals surface area contributed by atoms with E-state index in [1.165, 1.54) is 35.3 Å². The molecule has 0 saturated heterocycles. The molecule has 1 aliphatic rings. The summed E-state index contributed by atoms with van der Waals surface area (Å²) < 4.78 is 5.68. The number of nitrogen functional groups attached to an aromatic ring is 1. The molecule has 2 N–H and O–H groups in total. The van der Waals surface area contributed by atoms with Gasteiger partial charge in [-0.25, -0.2) is 0 Å². The van der Waals surface area contributed by atoms with E-state index < -0.39 is 0 Å². The predicted octanol–water partition coefficient (Wildman–Crippen LogP) is 2.19. The van der Waals surface area contributed by atoms with E-state index in [1.807, 2.05) is 6.07 Å². The molecule has 0 atom stereocenters. The zero-order chi connectivity index (χ0) is 11.7. The molecule has 3 rings (SSSR count). The second-order valence-corrected chi connectivity index (χ2v) is 5.20. The van der Waals surface area contributed by atoms with E-state index in [-0.39, 0.29) is 0 Å². The summed E-state index contributed by atoms with van der Waals surface area (Å²) in [6.07, 6.45) is 3.62. The van der Waals surface area contributed by atoms with Gasteiger partial charge in [-0.1, -0.05) is 17.4 Å². The van der Waals surface area contributed by atoms with Gasteiger partial charge in [-0.15, -0.1) is 10.2 Å². The first-order valence-corrected chi connectivity index (χ1v) is 6.45. The molecule has 17 heavy (non-hydrogen) atoms. The number of hydrogen-bond acceptors (Lipinski definition) is 5. The van der Waals surface area contributed by atoms with Gasteiger partial charge < -0.3 is 10.5 Å². The summed E-state index contributed by atoms with van der Waals surface area (Å²) in [6.45, 7) is 0.438. The Labute approximate surface area is 103 Å². The predicted molar refractivity (Wildman–Crippen MR) is 67.1 cm³/mol. The molecule has 1 heterocycles. The van der Waals surface area contributed by atoms with Crippen LogP contribution in [0.1, 0.15) is 22.6 Å². The fourth-order valence-electron chi connectivity index (χ4n) is 2.11. The van der Waals surface area contributed by atoms with Gasteiger partial charge in [-0.3, -0.25) is 0 Å². The molecule has 0 spiro atoms. The molecule has 1 aromatic heterocycles. The lowest BCUT2D eigenvalue weighted by Gasteiger charge is -2.06. The van der Waals surface area contributed by atoms with Gasteiger partial charge >= 0.3 is 0 Å². The van der Waals surface area contributed by atoms with Crippen LogP contribution in [0.25, 0.3) is 0 Å². The van der Waals surface area contributed by atoms with Crippen LogP contribution in [0.2, 0.25) is 0 Å². The SMILES string of the molecule is Nc1nnc(COc2ccc3c(c2)CCC3)s1. The first kappa shape index (κ1) is 10.5. The van der Waals surface area contributed by atoms with Gasteiger partial charge in [0.1, 0.15) is 12.4 Å². The van der Waals surface area contributed by atoms with Crippen LogP contribution in [0.15, 0.2) is 18.2 Å². The summed E-state index contributed by atoms with van der Waals surface area (Å²) in [6, 6.07) is 6.31. The molecule has 0 aliphatic heterocycles. The van der Waals surface area contributed by atoms with Gasteiger partial charge in [0.05, 0.1) is 0 Å². The van der Waals surface area contributed by atoms with E-state index in [0.717, 1.165) is 17.2 Å². The second kappa shape index (κ2) is 4.33. The quantitative estimate of drug-likeness (QED) is 0.903. The summed E-state index contributed by atoms with van der Waals surface area (Å²) in [7, 11) is 0. The van der Waals surface area contributed by atoms with Crippen LogP contribution in [0.5, 0.6) is 5.75 Å². The monoisotopic (exact) mass is 247 g/mol. The van der Waals surface area contributed by atoms with E-state index >= 15 is 0 Å². The average molecular weight is 247 g/mol. The van der Waals surface area contributed by atoms with Crippen LogP contribution in [0.4, 0.5) is 5.13 Å². The fraction of sp³-hybridized carbons (Fsp3) is 0.333. The van der Waals surface area contributed by atoms with Crippen LogP contribution in [-0.2, 0) is 19.4 Å². The molecular weight excluding hydrogens is 234 g/mol. The van der Waals surface area contributed by atoms with Crippen LogP contribution in [0, 0.1) is 0 Å². The Bertz CT molecular complexity index is 538. The molecule has 0 fully saturated rings. The standard InChI is InChI=1S/C12H13N3OS/c13-12-15-14-11(17-12)7-16-10-5-4-8-2-1-3-9(8)6-10/h4-6H,1-3,7H2,(H2,13,15). The first-order valence-electron chi connectivity index (χ1n) is 5.64. The van der Waals surface area contributed by atoms with Crippen LogP contribution >= 0.6 is 11.3 Å². The Kier molecular flexibility index (Phi) is 2.68. The lowest BCUT2D eigenvalue weighted by atomic mass is 10.1. The van der Waals surface area contributed by atoms with E-state index in [2.05, 4.69) is 22.3 Å². The molecule has 0 amide bonds. The van der Waals surface area contributed by atoms with Crippen molar-refractivity contribution in [1.29, 1.82) is 0 Å². The van der Waals surface area contributed by atoms with Gasteiger partial charge in [-0.05, 0) is 42.5 Å². The Morgan fingerprint density at radius 2 is 2.12 bits per heavy atom. The molecule has 4 nitrogen and oxygen atoms in total. The van der Waals surface area contributed by atoms with Crippen LogP contribution in [0.3, 0.4) is 0 Å². The Balaban J connectivity index is 1.69. The molecule has 5 heteroatoms. The number of aromatic nitrogens is 2. The normalized spacial score (nSPS) is 13.6. The van der Waals surface area contributed by atoms with Crippen molar-refractivity contribution >= 4 is 16.5 Å². The molecule has 0 bridgehead atoms. The van der Waals surface area contributed by atoms with E-state index in [0.29, 0.717) is 11.7 Å². The zero-order valence-corrected chi connectivity index (χ0v) is 10.2. The summed E-state index contributed by atoms with van der Waals surface area (Å²) >= 11 is 1.36. The highest BCUT2D eigenvalue weighted by Gasteiger charge is 2.11. The highest BCUT2D eigenvalue weighted by atomic mass is 32.1. The number of aryl methyl sites for hydroxylation is 2. The third-order valence-corrected chi connectivity index (χ3v) is 3.64. The van der Waals surface area contributed by atoms with Crippen molar-refractivity contribution in [2.75, 3.05) is 5.73 Å². The number of rotatable bonds is 3. The lowest BCUT2D eigenvalue weighted by Crippen LogP contribution is -1.95. The van der Waals surface area contributed by atoms with E-state index in [1.54, 1.807) is 0 Å². The molecule has 0 unspecified atom stereocenters. The minimum atomic E-state index is 0.438. The zero-order valence-electron chi connectivity index (χ0n) is 9.35. The number of benzene rings is 1. The van der Waals surface area contributed by atoms with Crippen molar-refractivity contribution in [1.82, 2.24) is 10.2 Å². The maximum atomic E-state index is 5.68. The Morgan fingerprint density at radius 3 is 2.94 bits per heavy atom. The number of nitrogens with zero attached hydrogens (tertiary/aromatic N) is 2. The molecule has 0 radical (unpaired) electrons. The van der Waals surface area contributed by atoms with Gasteiger partial charge in [0.25, 0.3) is 0 Å². The molecule has 0 saturated carbocycles. The molecule has 2 aromatic rings. The highest BCUT2D eigenvalue weighted by molar-refractivity contribution is 7.15. The van der Waals surface area contributed by atoms with Crippen molar-refractivity contribution < 1.29 is 4.74 Å². The Morgan fingerprint density at radius 1 is 1.24 bits per heavy atom. The Hall–Kier alpha value is -1.62. The van der Waals surface area contributed by atoms with Gasteiger partial charge in [0, 0.05) is 0 Å². The molecule has 88 valence electrons. The second-order valence-electron chi connectivity index (χ2n) is 4.11. The maximum Gasteiger partial charge on any atom is 0.203 e. The van der Waals surface area contributed by atoms with Crippen LogP contribution < -0.4 is 10.5 Å². The summed E-state index contributed by atoms with van der Waals surface area (Å²) in [5.41, 5.74) is 8.38. The summed E-state index contributed by atoms with van der Waals surface area (Å²) in [4.78, 5) is 0. The van der Waals surface area contributed by atoms with Gasteiger partial charge in [-0.2, -0.15) is 0 Å². The molecule has 1 aromatic carbocycles. The fourth-order valence-corrected chi connectivity index (χ4v) is 2.63. The minimum Gasteiger partial charge on any atom is -0.486 e. The van der Waals surface area contributed by atoms with Crippen molar-refractivity contribution in [2.45, 2.75) is 25.9 Å². The number of ether oxygens (including phenoxy) is 1. The largest absolute Gasteiger partial charge is 0.486 e. The third-order valence-electron chi connectivity index (χ3n) is 2.91. The number of hydrogen-bond donors (Lipinski definition) is 1. The third kappa shape index (κ3) is 2.24. The van der Waals surface area contributed by atoms with Gasteiger partial charge in [0.15, 0.2) is 5.01 Å². The highest BCUT2D eigenvalue weighted by Crippen LogP contribution is 2.26. The molecular formula is C12H13N3OS. The first-order chi connectivity index (χ1) is 8.31. The molecule has 1 aliphatic carbocycles. The summed E-state index contributed by atoms with van der Waals surface area (Å²) in [5.74, 6) is 0.902. The lowest BCUT2D eigenvalue weighted by molar-refractivity contribution is 0.304. The van der Waals surface area contributed by atoms with E-state index in [4.69, 9.17) is 10.5 Å². The van der Waals surface area contributed by atoms with Crippen molar-refractivity contribution in [3.05, 3.63) is 34.3 Å². The number of fused-ring (bicyclic) bond motifs is 1. The number of anilines is 1. The van der Waals surface area contributed by atoms with Crippen molar-refractivity contribution in [2.24, 2.45) is 0 Å².